The maximum Gasteiger partial charge on any atom is 0.206 e. The Kier molecular flexibility index (Phi) is 5.07. The summed E-state index contributed by atoms with van der Waals surface area (Å²) in [4.78, 5) is 0. The predicted molar refractivity (Wildman–Crippen MR) is 98.5 cm³/mol. The molecule has 4 nitrogen and oxygen atoms in total. The summed E-state index contributed by atoms with van der Waals surface area (Å²) in [5.74, 6) is 0.123. The molecule has 128 valence electrons. The zero-order valence-corrected chi connectivity index (χ0v) is 14.7. The van der Waals surface area contributed by atoms with Crippen LogP contribution in [0, 0.1) is 23.2 Å². The van der Waals surface area contributed by atoms with Crippen LogP contribution in [0.2, 0.25) is 5.02 Å². The first kappa shape index (κ1) is 17.2. The average Bonchev–Trinajstić information content (AvgIpc) is 2.54. The number of halogens is 1. The van der Waals surface area contributed by atoms with Gasteiger partial charge in [0.15, 0.2) is 0 Å². The van der Waals surface area contributed by atoms with Crippen LogP contribution in [0.5, 0.6) is 0 Å². The molecule has 0 radical (unpaired) electrons. The number of rotatable bonds is 4. The Labute approximate surface area is 148 Å². The number of hydrogen-bond acceptors (Lipinski definition) is 4. The highest BCUT2D eigenvalue weighted by atomic mass is 35.5. The second-order valence-electron chi connectivity index (χ2n) is 6.99. The summed E-state index contributed by atoms with van der Waals surface area (Å²) in [5.41, 5.74) is 2.47. The van der Waals surface area contributed by atoms with E-state index in [1.165, 1.54) is 12.8 Å². The minimum Gasteiger partial charge on any atom is -0.475 e. The molecule has 0 unspecified atom stereocenters. The van der Waals surface area contributed by atoms with Crippen molar-refractivity contribution in [1.82, 2.24) is 5.32 Å². The molecule has 1 aliphatic carbocycles. The van der Waals surface area contributed by atoms with Gasteiger partial charge in [-0.2, -0.15) is 0 Å². The molecule has 1 aromatic carbocycles. The van der Waals surface area contributed by atoms with Crippen LogP contribution in [0.25, 0.3) is 0 Å². The third-order valence-electron chi connectivity index (χ3n) is 5.09. The lowest BCUT2D eigenvalue weighted by Gasteiger charge is -2.49. The lowest BCUT2D eigenvalue weighted by atomic mass is 9.62. The van der Waals surface area contributed by atoms with E-state index >= 15 is 0 Å². The Morgan fingerprint density at radius 3 is 2.67 bits per heavy atom. The third-order valence-corrected chi connectivity index (χ3v) is 5.42. The van der Waals surface area contributed by atoms with E-state index in [0.717, 1.165) is 31.5 Å². The van der Waals surface area contributed by atoms with Crippen LogP contribution >= 0.6 is 11.6 Å². The molecule has 0 aromatic heterocycles. The fourth-order valence-corrected chi connectivity index (χ4v) is 3.89. The van der Waals surface area contributed by atoms with Crippen molar-refractivity contribution in [1.29, 1.82) is 10.8 Å². The summed E-state index contributed by atoms with van der Waals surface area (Å²) in [6, 6.07) is 5.59. The number of ether oxygens (including phenoxy) is 1. The highest BCUT2D eigenvalue weighted by molar-refractivity contribution is 6.34. The third kappa shape index (κ3) is 3.87. The highest BCUT2D eigenvalue weighted by Gasteiger charge is 2.45. The van der Waals surface area contributed by atoms with E-state index in [9.17, 15) is 0 Å². The lowest BCUT2D eigenvalue weighted by Crippen LogP contribution is -2.49. The molecule has 0 amide bonds. The van der Waals surface area contributed by atoms with Crippen molar-refractivity contribution in [3.8, 4) is 0 Å². The van der Waals surface area contributed by atoms with Crippen molar-refractivity contribution in [3.05, 3.63) is 46.5 Å². The second kappa shape index (κ2) is 7.08. The quantitative estimate of drug-likeness (QED) is 0.568. The molecule has 1 aromatic rings. The van der Waals surface area contributed by atoms with Gasteiger partial charge in [-0.3, -0.25) is 5.41 Å². The van der Waals surface area contributed by atoms with Gasteiger partial charge in [0.25, 0.3) is 0 Å². The van der Waals surface area contributed by atoms with Gasteiger partial charge in [0.2, 0.25) is 5.90 Å². The number of hydrogen-bond donors (Lipinski definition) is 3. The first-order valence-corrected chi connectivity index (χ1v) is 8.84. The topological polar surface area (TPSA) is 69.0 Å². The SMILES string of the molecule is Cc1ccc(Cl)c(C(=N)/C=C\C(=N)OC2CC3(CCNCC3)C2)c1. The van der Waals surface area contributed by atoms with Crippen LogP contribution in [0.4, 0.5) is 0 Å². The summed E-state index contributed by atoms with van der Waals surface area (Å²) in [6.45, 7) is 4.16. The van der Waals surface area contributed by atoms with Crippen molar-refractivity contribution >= 4 is 23.2 Å². The van der Waals surface area contributed by atoms with Crippen LogP contribution in [0.1, 0.15) is 36.8 Å². The molecule has 3 N–H and O–H groups in total. The van der Waals surface area contributed by atoms with E-state index < -0.39 is 0 Å². The first-order chi connectivity index (χ1) is 11.5. The molecule has 5 heteroatoms. The molecule has 2 fully saturated rings. The molecule has 0 atom stereocenters. The molecule has 1 spiro atoms. The highest BCUT2D eigenvalue weighted by Crippen LogP contribution is 2.49. The summed E-state index contributed by atoms with van der Waals surface area (Å²) in [6.07, 6.45) is 7.81. The maximum absolute atomic E-state index is 8.13. The number of aryl methyl sites for hydroxylation is 1. The van der Waals surface area contributed by atoms with Gasteiger partial charge in [-0.15, -0.1) is 0 Å². The first-order valence-electron chi connectivity index (χ1n) is 8.47. The van der Waals surface area contributed by atoms with Crippen LogP contribution in [-0.4, -0.2) is 30.8 Å². The number of allylic oxidation sites excluding steroid dienone is 1. The zero-order chi connectivity index (χ0) is 17.2. The fraction of sp³-hybridized carbons (Fsp3) is 0.474. The summed E-state index contributed by atoms with van der Waals surface area (Å²) in [5, 5.41) is 20.0. The van der Waals surface area contributed by atoms with Crippen LogP contribution in [0.3, 0.4) is 0 Å². The van der Waals surface area contributed by atoms with Crippen molar-refractivity contribution in [2.75, 3.05) is 13.1 Å². The van der Waals surface area contributed by atoms with E-state index in [-0.39, 0.29) is 12.0 Å². The smallest absolute Gasteiger partial charge is 0.206 e. The minimum atomic E-state index is 0.123. The second-order valence-corrected chi connectivity index (χ2v) is 7.40. The lowest BCUT2D eigenvalue weighted by molar-refractivity contribution is -0.0413. The Morgan fingerprint density at radius 2 is 1.96 bits per heavy atom. The molecular formula is C19H24ClN3O. The van der Waals surface area contributed by atoms with E-state index in [1.54, 1.807) is 18.2 Å². The Morgan fingerprint density at radius 1 is 1.25 bits per heavy atom. The summed E-state index contributed by atoms with van der Waals surface area (Å²) < 4.78 is 5.70. The van der Waals surface area contributed by atoms with Crippen LogP contribution < -0.4 is 5.32 Å². The molecule has 24 heavy (non-hydrogen) atoms. The normalized spacial score (nSPS) is 20.1. The summed E-state index contributed by atoms with van der Waals surface area (Å²) >= 11 is 6.14. The largest absolute Gasteiger partial charge is 0.475 e. The molecule has 1 heterocycles. The van der Waals surface area contributed by atoms with E-state index in [4.69, 9.17) is 27.2 Å². The van der Waals surface area contributed by atoms with Gasteiger partial charge in [-0.25, -0.2) is 0 Å². The van der Waals surface area contributed by atoms with Gasteiger partial charge in [0.05, 0.1) is 5.71 Å². The van der Waals surface area contributed by atoms with Crippen LogP contribution in [0.15, 0.2) is 30.4 Å². The molecule has 3 rings (SSSR count). The monoisotopic (exact) mass is 345 g/mol. The Balaban J connectivity index is 1.51. The van der Waals surface area contributed by atoms with Crippen molar-refractivity contribution < 1.29 is 4.74 Å². The van der Waals surface area contributed by atoms with Gasteiger partial charge < -0.3 is 15.5 Å². The number of nitrogens with one attached hydrogen (secondary N) is 3. The average molecular weight is 346 g/mol. The number of benzene rings is 1. The van der Waals surface area contributed by atoms with Gasteiger partial charge in [0, 0.05) is 16.7 Å². The Bertz CT molecular complexity index is 669. The standard InChI is InChI=1S/C19H24ClN3O/c1-13-2-3-16(20)15(10-13)17(21)4-5-18(22)24-14-11-19(12-14)6-8-23-9-7-19/h2-5,10,14,21-23H,6-9,11-12H2,1H3/b5-4-,21-17?,22-18?. The van der Waals surface area contributed by atoms with E-state index in [2.05, 4.69) is 5.32 Å². The predicted octanol–water partition coefficient (Wildman–Crippen LogP) is 4.10. The van der Waals surface area contributed by atoms with Crippen molar-refractivity contribution in [2.45, 2.75) is 38.7 Å². The Hall–Kier alpha value is -1.65. The van der Waals surface area contributed by atoms with Crippen LogP contribution in [-0.2, 0) is 4.74 Å². The molecule has 2 aliphatic rings. The number of piperidine rings is 1. The van der Waals surface area contributed by atoms with Crippen molar-refractivity contribution in [2.24, 2.45) is 5.41 Å². The van der Waals surface area contributed by atoms with E-state index in [1.807, 2.05) is 19.1 Å². The fourth-order valence-electron chi connectivity index (χ4n) is 3.67. The molecular weight excluding hydrogens is 322 g/mol. The zero-order valence-electron chi connectivity index (χ0n) is 14.0. The molecule has 1 saturated carbocycles. The maximum atomic E-state index is 8.13. The van der Waals surface area contributed by atoms with Crippen molar-refractivity contribution in [3.63, 3.8) is 0 Å². The van der Waals surface area contributed by atoms with Gasteiger partial charge in [-0.1, -0.05) is 23.2 Å². The van der Waals surface area contributed by atoms with Gasteiger partial charge in [-0.05, 0) is 69.3 Å². The van der Waals surface area contributed by atoms with Gasteiger partial charge >= 0.3 is 0 Å². The molecule has 0 bridgehead atoms. The summed E-state index contributed by atoms with van der Waals surface area (Å²) in [7, 11) is 0. The van der Waals surface area contributed by atoms with E-state index in [0.29, 0.717) is 21.7 Å². The minimum absolute atomic E-state index is 0.123. The van der Waals surface area contributed by atoms with Gasteiger partial charge in [0.1, 0.15) is 6.10 Å². The molecule has 1 aliphatic heterocycles. The molecule has 1 saturated heterocycles.